The van der Waals surface area contributed by atoms with E-state index in [4.69, 9.17) is 9.47 Å². The third-order valence-electron chi connectivity index (χ3n) is 7.62. The lowest BCUT2D eigenvalue weighted by Gasteiger charge is -2.32. The van der Waals surface area contributed by atoms with Crippen LogP contribution >= 0.6 is 0 Å². The van der Waals surface area contributed by atoms with Crippen molar-refractivity contribution in [3.05, 3.63) is 113 Å². The molecule has 1 aromatic heterocycles. The molecule has 0 radical (unpaired) electrons. The summed E-state index contributed by atoms with van der Waals surface area (Å²) in [6, 6.07) is 27.7. The summed E-state index contributed by atoms with van der Waals surface area (Å²) in [6.07, 6.45) is 0. The zero-order valence-electron chi connectivity index (χ0n) is 24.4. The molecular formula is C34H33N5O4. The average Bonchev–Trinajstić information content (AvgIpc) is 3.65. The summed E-state index contributed by atoms with van der Waals surface area (Å²) in [5.41, 5.74) is 5.84. The maximum Gasteiger partial charge on any atom is 0.251 e. The molecule has 1 N–H and O–H groups in total. The summed E-state index contributed by atoms with van der Waals surface area (Å²) in [7, 11) is 0. The Morgan fingerprint density at radius 3 is 2.40 bits per heavy atom. The average molecular weight is 576 g/mol. The molecular weight excluding hydrogens is 542 g/mol. The van der Waals surface area contributed by atoms with Gasteiger partial charge in [-0.2, -0.15) is 0 Å². The van der Waals surface area contributed by atoms with Gasteiger partial charge in [-0.1, -0.05) is 85.3 Å². The SMILES string of the molecule is Cc1ccc(CN(C(=O)Cn2nnc3ccccc32)C(C(=O)Nc2ccc3c(c2)OCO3)c2ccc(C(C)C)cc2)cc1. The summed E-state index contributed by atoms with van der Waals surface area (Å²) in [6.45, 7) is 6.53. The number of aryl methyl sites for hydroxylation is 1. The molecule has 0 fully saturated rings. The number of rotatable bonds is 9. The van der Waals surface area contributed by atoms with Crippen molar-refractivity contribution >= 4 is 28.5 Å². The van der Waals surface area contributed by atoms with Crippen LogP contribution in [0, 0.1) is 6.92 Å². The van der Waals surface area contributed by atoms with Crippen LogP contribution < -0.4 is 14.8 Å². The predicted octanol–water partition coefficient (Wildman–Crippen LogP) is 6.00. The Morgan fingerprint density at radius 2 is 1.63 bits per heavy atom. The van der Waals surface area contributed by atoms with Crippen LogP contribution in [0.1, 0.15) is 48.1 Å². The highest BCUT2D eigenvalue weighted by molar-refractivity contribution is 5.98. The van der Waals surface area contributed by atoms with Crippen LogP contribution in [0.2, 0.25) is 0 Å². The van der Waals surface area contributed by atoms with Crippen LogP contribution in [0.4, 0.5) is 5.69 Å². The highest BCUT2D eigenvalue weighted by Crippen LogP contribution is 2.35. The summed E-state index contributed by atoms with van der Waals surface area (Å²) in [5.74, 6) is 0.882. The molecule has 0 spiro atoms. The Bertz CT molecular complexity index is 1760. The number of anilines is 1. The minimum Gasteiger partial charge on any atom is -0.454 e. The number of ether oxygens (including phenoxy) is 2. The van der Waals surface area contributed by atoms with Crippen molar-refractivity contribution < 1.29 is 19.1 Å². The minimum absolute atomic E-state index is 0.0791. The van der Waals surface area contributed by atoms with Crippen molar-refractivity contribution in [2.24, 2.45) is 0 Å². The van der Waals surface area contributed by atoms with Gasteiger partial charge in [-0.25, -0.2) is 4.68 Å². The molecule has 1 aliphatic heterocycles. The Kier molecular flexibility index (Phi) is 7.79. The Labute approximate surface area is 250 Å². The van der Waals surface area contributed by atoms with Crippen LogP contribution in [-0.2, 0) is 22.7 Å². The molecule has 0 bridgehead atoms. The van der Waals surface area contributed by atoms with Gasteiger partial charge in [0.05, 0.1) is 5.52 Å². The number of para-hydroxylation sites is 1. The fraction of sp³-hybridized carbons (Fsp3) is 0.235. The van der Waals surface area contributed by atoms with Crippen LogP contribution in [0.5, 0.6) is 11.5 Å². The van der Waals surface area contributed by atoms with E-state index in [0.717, 1.165) is 22.2 Å². The van der Waals surface area contributed by atoms with Crippen molar-refractivity contribution in [1.82, 2.24) is 19.9 Å². The first kappa shape index (κ1) is 28.0. The third-order valence-corrected chi connectivity index (χ3v) is 7.62. The number of carbonyl (C=O) groups is 2. The van der Waals surface area contributed by atoms with E-state index in [-0.39, 0.29) is 31.7 Å². The van der Waals surface area contributed by atoms with Gasteiger partial charge in [0.2, 0.25) is 12.7 Å². The Hall–Kier alpha value is -5.18. The van der Waals surface area contributed by atoms with Crippen LogP contribution in [0.25, 0.3) is 11.0 Å². The van der Waals surface area contributed by atoms with E-state index in [0.29, 0.717) is 34.2 Å². The zero-order chi connectivity index (χ0) is 29.9. The molecule has 4 aromatic carbocycles. The minimum atomic E-state index is -0.935. The molecule has 9 heteroatoms. The second-order valence-corrected chi connectivity index (χ2v) is 11.0. The summed E-state index contributed by atoms with van der Waals surface area (Å²) in [4.78, 5) is 30.1. The summed E-state index contributed by atoms with van der Waals surface area (Å²) >= 11 is 0. The van der Waals surface area contributed by atoms with E-state index < -0.39 is 6.04 Å². The Balaban J connectivity index is 1.39. The van der Waals surface area contributed by atoms with Gasteiger partial charge in [0.15, 0.2) is 11.5 Å². The van der Waals surface area contributed by atoms with Gasteiger partial charge in [0.1, 0.15) is 18.1 Å². The molecule has 5 aromatic rings. The van der Waals surface area contributed by atoms with Crippen molar-refractivity contribution in [3.63, 3.8) is 0 Å². The van der Waals surface area contributed by atoms with E-state index in [1.54, 1.807) is 27.8 Å². The second kappa shape index (κ2) is 12.0. The van der Waals surface area contributed by atoms with E-state index in [1.165, 1.54) is 0 Å². The molecule has 1 aliphatic rings. The number of carbonyl (C=O) groups excluding carboxylic acids is 2. The van der Waals surface area contributed by atoms with E-state index in [1.807, 2.05) is 79.7 Å². The Morgan fingerprint density at radius 1 is 0.907 bits per heavy atom. The first-order valence-electron chi connectivity index (χ1n) is 14.3. The van der Waals surface area contributed by atoms with Gasteiger partial charge in [0, 0.05) is 18.3 Å². The first-order valence-corrected chi connectivity index (χ1v) is 14.3. The number of aromatic nitrogens is 3. The van der Waals surface area contributed by atoms with Gasteiger partial charge < -0.3 is 19.7 Å². The molecule has 6 rings (SSSR count). The quantitative estimate of drug-likeness (QED) is 0.232. The van der Waals surface area contributed by atoms with Crippen molar-refractivity contribution in [2.75, 3.05) is 12.1 Å². The zero-order valence-corrected chi connectivity index (χ0v) is 24.4. The number of amides is 2. The predicted molar refractivity (Wildman–Crippen MR) is 164 cm³/mol. The first-order chi connectivity index (χ1) is 20.9. The van der Waals surface area contributed by atoms with Crippen LogP contribution in [0.15, 0.2) is 91.0 Å². The number of benzene rings is 4. The fourth-order valence-electron chi connectivity index (χ4n) is 5.19. The van der Waals surface area contributed by atoms with E-state index in [2.05, 4.69) is 29.5 Å². The van der Waals surface area contributed by atoms with Crippen molar-refractivity contribution in [3.8, 4) is 11.5 Å². The smallest absolute Gasteiger partial charge is 0.251 e. The highest BCUT2D eigenvalue weighted by atomic mass is 16.7. The van der Waals surface area contributed by atoms with Crippen LogP contribution in [0.3, 0.4) is 0 Å². The lowest BCUT2D eigenvalue weighted by molar-refractivity contribution is -0.140. The standard InChI is InChI=1S/C34H33N5O4/c1-22(2)25-12-14-26(15-13-25)33(34(41)35-27-16-17-30-31(18-27)43-21-42-30)38(19-24-10-8-23(3)9-11-24)32(40)20-39-29-7-5-4-6-28(29)36-37-39/h4-18,22,33H,19-21H2,1-3H3,(H,35,41). The number of nitrogens with zero attached hydrogens (tertiary/aromatic N) is 4. The van der Waals surface area contributed by atoms with Gasteiger partial charge >= 0.3 is 0 Å². The van der Waals surface area contributed by atoms with Crippen molar-refractivity contribution in [2.45, 2.75) is 45.8 Å². The maximum absolute atomic E-state index is 14.2. The molecule has 0 aliphatic carbocycles. The van der Waals surface area contributed by atoms with Gasteiger partial charge in [-0.15, -0.1) is 5.10 Å². The molecule has 1 unspecified atom stereocenters. The normalized spacial score (nSPS) is 12.8. The molecule has 2 heterocycles. The molecule has 218 valence electrons. The number of hydrogen-bond acceptors (Lipinski definition) is 6. The lowest BCUT2D eigenvalue weighted by atomic mass is 9.97. The molecule has 0 saturated carbocycles. The fourth-order valence-corrected chi connectivity index (χ4v) is 5.19. The van der Waals surface area contributed by atoms with E-state index in [9.17, 15) is 9.59 Å². The van der Waals surface area contributed by atoms with E-state index >= 15 is 0 Å². The largest absolute Gasteiger partial charge is 0.454 e. The maximum atomic E-state index is 14.2. The van der Waals surface area contributed by atoms with Gasteiger partial charge in [-0.3, -0.25) is 9.59 Å². The van der Waals surface area contributed by atoms with Gasteiger partial charge in [-0.05, 0) is 53.8 Å². The van der Waals surface area contributed by atoms with Crippen LogP contribution in [-0.4, -0.2) is 38.5 Å². The molecule has 9 nitrogen and oxygen atoms in total. The lowest BCUT2D eigenvalue weighted by Crippen LogP contribution is -2.42. The summed E-state index contributed by atoms with van der Waals surface area (Å²) < 4.78 is 12.5. The molecule has 2 amide bonds. The molecule has 0 saturated heterocycles. The second-order valence-electron chi connectivity index (χ2n) is 11.0. The molecule has 1 atom stereocenters. The van der Waals surface area contributed by atoms with Gasteiger partial charge in [0.25, 0.3) is 5.91 Å². The number of hydrogen-bond donors (Lipinski definition) is 1. The van der Waals surface area contributed by atoms with Crippen molar-refractivity contribution in [1.29, 1.82) is 0 Å². The molecule has 43 heavy (non-hydrogen) atoms. The number of fused-ring (bicyclic) bond motifs is 2. The topological polar surface area (TPSA) is 98.6 Å². The number of nitrogens with one attached hydrogen (secondary N) is 1. The summed E-state index contributed by atoms with van der Waals surface area (Å²) in [5, 5.41) is 11.5. The highest BCUT2D eigenvalue weighted by Gasteiger charge is 2.33. The third kappa shape index (κ3) is 6.06. The monoisotopic (exact) mass is 575 g/mol.